The summed E-state index contributed by atoms with van der Waals surface area (Å²) in [7, 11) is 1.55. The lowest BCUT2D eigenvalue weighted by Gasteiger charge is -2.15. The predicted molar refractivity (Wildman–Crippen MR) is 138 cm³/mol. The van der Waals surface area contributed by atoms with E-state index in [1.54, 1.807) is 31.4 Å². The molecule has 0 bridgehead atoms. The van der Waals surface area contributed by atoms with Gasteiger partial charge in [0.25, 0.3) is 0 Å². The van der Waals surface area contributed by atoms with Gasteiger partial charge in [0.1, 0.15) is 0 Å². The van der Waals surface area contributed by atoms with E-state index in [4.69, 9.17) is 9.84 Å². The summed E-state index contributed by atoms with van der Waals surface area (Å²) in [5.41, 5.74) is 4.99. The molecule has 36 heavy (non-hydrogen) atoms. The zero-order chi connectivity index (χ0) is 25.5. The van der Waals surface area contributed by atoms with Crippen LogP contribution in [0.2, 0.25) is 0 Å². The van der Waals surface area contributed by atoms with E-state index in [0.29, 0.717) is 24.3 Å². The molecule has 0 saturated carbocycles. The predicted octanol–water partition coefficient (Wildman–Crippen LogP) is 4.57. The number of aliphatic carboxylic acids is 1. The Labute approximate surface area is 209 Å². The SMILES string of the molecule is COC(CCC(=O)O)c1ccc(NC(=O)Cc2ccc(NC(=O)C3CNc4ccccc43)cc2)cc1. The summed E-state index contributed by atoms with van der Waals surface area (Å²) in [6, 6.07) is 22.2. The van der Waals surface area contributed by atoms with Crippen molar-refractivity contribution in [3.05, 3.63) is 89.5 Å². The van der Waals surface area contributed by atoms with Gasteiger partial charge in [-0.2, -0.15) is 0 Å². The number of carbonyl (C=O) groups excluding carboxylic acids is 2. The smallest absolute Gasteiger partial charge is 0.303 e. The van der Waals surface area contributed by atoms with Crippen molar-refractivity contribution in [1.82, 2.24) is 0 Å². The van der Waals surface area contributed by atoms with Crippen LogP contribution in [0.25, 0.3) is 0 Å². The summed E-state index contributed by atoms with van der Waals surface area (Å²) >= 11 is 0. The largest absolute Gasteiger partial charge is 0.481 e. The molecule has 1 aliphatic heterocycles. The fourth-order valence-electron chi connectivity index (χ4n) is 4.30. The first-order valence-corrected chi connectivity index (χ1v) is 11.8. The summed E-state index contributed by atoms with van der Waals surface area (Å²) in [6.45, 7) is 0.568. The molecule has 3 aromatic carbocycles. The third-order valence-corrected chi connectivity index (χ3v) is 6.21. The van der Waals surface area contributed by atoms with E-state index in [1.807, 2.05) is 48.5 Å². The Bertz CT molecular complexity index is 1220. The summed E-state index contributed by atoms with van der Waals surface area (Å²) in [5.74, 6) is -1.34. The van der Waals surface area contributed by atoms with Crippen LogP contribution in [-0.2, 0) is 25.5 Å². The lowest BCUT2D eigenvalue weighted by Crippen LogP contribution is -2.22. The highest BCUT2D eigenvalue weighted by atomic mass is 16.5. The highest BCUT2D eigenvalue weighted by Gasteiger charge is 2.28. The summed E-state index contributed by atoms with van der Waals surface area (Å²) in [6.07, 6.45) is 0.267. The molecular weight excluding hydrogens is 458 g/mol. The quantitative estimate of drug-likeness (QED) is 0.333. The van der Waals surface area contributed by atoms with Crippen molar-refractivity contribution in [2.24, 2.45) is 0 Å². The van der Waals surface area contributed by atoms with Crippen molar-refractivity contribution in [1.29, 1.82) is 0 Å². The highest BCUT2D eigenvalue weighted by Crippen LogP contribution is 2.32. The van der Waals surface area contributed by atoms with Crippen molar-refractivity contribution in [3.63, 3.8) is 0 Å². The molecule has 2 unspecified atom stereocenters. The molecule has 4 rings (SSSR count). The van der Waals surface area contributed by atoms with Crippen molar-refractivity contribution < 1.29 is 24.2 Å². The average Bonchev–Trinajstić information content (AvgIpc) is 3.31. The molecule has 0 aromatic heterocycles. The van der Waals surface area contributed by atoms with E-state index in [-0.39, 0.29) is 36.7 Å². The molecule has 2 atom stereocenters. The average molecular weight is 488 g/mol. The van der Waals surface area contributed by atoms with Gasteiger partial charge >= 0.3 is 5.97 Å². The van der Waals surface area contributed by atoms with Gasteiger partial charge in [0.05, 0.1) is 18.4 Å². The van der Waals surface area contributed by atoms with Gasteiger partial charge in [0.2, 0.25) is 11.8 Å². The van der Waals surface area contributed by atoms with Gasteiger partial charge in [-0.05, 0) is 53.4 Å². The number of fused-ring (bicyclic) bond motifs is 1. The molecule has 4 N–H and O–H groups in total. The number of carboxylic acid groups (broad SMARTS) is 1. The fourth-order valence-corrected chi connectivity index (χ4v) is 4.30. The number of methoxy groups -OCH3 is 1. The number of rotatable bonds is 10. The molecule has 3 aromatic rings. The third kappa shape index (κ3) is 6.28. The van der Waals surface area contributed by atoms with Crippen LogP contribution >= 0.6 is 0 Å². The second-order valence-corrected chi connectivity index (χ2v) is 8.71. The molecule has 0 aliphatic carbocycles. The molecule has 0 spiro atoms. The number of carbonyl (C=O) groups is 3. The van der Waals surface area contributed by atoms with Gasteiger partial charge < -0.3 is 25.8 Å². The van der Waals surface area contributed by atoms with E-state index in [0.717, 1.165) is 22.4 Å². The lowest BCUT2D eigenvalue weighted by atomic mass is 10.0. The van der Waals surface area contributed by atoms with Gasteiger partial charge in [-0.15, -0.1) is 0 Å². The standard InChI is InChI=1S/C28H29N3O5/c1-36-25(14-15-27(33)34)19-8-12-20(13-9-19)30-26(32)16-18-6-10-21(11-7-18)31-28(35)23-17-29-24-5-3-2-4-22(23)24/h2-13,23,25,29H,14-17H2,1H3,(H,30,32)(H,31,35)(H,33,34). The Morgan fingerprint density at radius 3 is 2.33 bits per heavy atom. The molecule has 0 radical (unpaired) electrons. The van der Waals surface area contributed by atoms with Crippen molar-refractivity contribution in [2.45, 2.75) is 31.3 Å². The summed E-state index contributed by atoms with van der Waals surface area (Å²) in [4.78, 5) is 36.1. The number of anilines is 3. The fraction of sp³-hybridized carbons (Fsp3) is 0.250. The van der Waals surface area contributed by atoms with Gasteiger partial charge in [0.15, 0.2) is 0 Å². The number of nitrogens with one attached hydrogen (secondary N) is 3. The van der Waals surface area contributed by atoms with Crippen LogP contribution in [0.15, 0.2) is 72.8 Å². The molecular formula is C28H29N3O5. The summed E-state index contributed by atoms with van der Waals surface area (Å²) in [5, 5.41) is 18.0. The number of benzene rings is 3. The van der Waals surface area contributed by atoms with Crippen LogP contribution in [0.1, 0.15) is 41.6 Å². The Morgan fingerprint density at radius 1 is 0.972 bits per heavy atom. The molecule has 186 valence electrons. The Kier molecular flexibility index (Phi) is 7.97. The van der Waals surface area contributed by atoms with Crippen LogP contribution < -0.4 is 16.0 Å². The molecule has 1 aliphatic rings. The molecule has 8 nitrogen and oxygen atoms in total. The van der Waals surface area contributed by atoms with Crippen molar-refractivity contribution in [3.8, 4) is 0 Å². The van der Waals surface area contributed by atoms with Crippen molar-refractivity contribution >= 4 is 34.8 Å². The Balaban J connectivity index is 1.28. The highest BCUT2D eigenvalue weighted by molar-refractivity contribution is 5.98. The number of carboxylic acids is 1. The van der Waals surface area contributed by atoms with Gasteiger partial charge in [-0.1, -0.05) is 42.5 Å². The van der Waals surface area contributed by atoms with Crippen LogP contribution in [0.3, 0.4) is 0 Å². The molecule has 2 amide bonds. The first-order chi connectivity index (χ1) is 17.4. The van der Waals surface area contributed by atoms with Crippen LogP contribution in [-0.4, -0.2) is 36.5 Å². The Hall–Kier alpha value is -4.17. The lowest BCUT2D eigenvalue weighted by molar-refractivity contribution is -0.137. The van der Waals surface area contributed by atoms with Crippen LogP contribution in [0.5, 0.6) is 0 Å². The molecule has 0 fully saturated rings. The maximum Gasteiger partial charge on any atom is 0.303 e. The van der Waals surface area contributed by atoms with E-state index in [9.17, 15) is 14.4 Å². The number of amides is 2. The maximum atomic E-state index is 12.7. The number of ether oxygens (including phenoxy) is 1. The maximum absolute atomic E-state index is 12.7. The number of para-hydroxylation sites is 1. The zero-order valence-electron chi connectivity index (χ0n) is 20.0. The van der Waals surface area contributed by atoms with E-state index >= 15 is 0 Å². The zero-order valence-corrected chi connectivity index (χ0v) is 20.0. The molecule has 0 saturated heterocycles. The van der Waals surface area contributed by atoms with Gasteiger partial charge in [-0.3, -0.25) is 14.4 Å². The monoisotopic (exact) mass is 487 g/mol. The second kappa shape index (κ2) is 11.5. The van der Waals surface area contributed by atoms with Crippen LogP contribution in [0, 0.1) is 0 Å². The Morgan fingerprint density at radius 2 is 1.64 bits per heavy atom. The van der Waals surface area contributed by atoms with E-state index in [2.05, 4.69) is 16.0 Å². The number of hydrogen-bond acceptors (Lipinski definition) is 5. The normalized spacial score (nSPS) is 14.9. The first-order valence-electron chi connectivity index (χ1n) is 11.8. The third-order valence-electron chi connectivity index (χ3n) is 6.21. The first kappa shape index (κ1) is 24.9. The second-order valence-electron chi connectivity index (χ2n) is 8.71. The van der Waals surface area contributed by atoms with E-state index < -0.39 is 5.97 Å². The summed E-state index contributed by atoms with van der Waals surface area (Å²) < 4.78 is 5.38. The van der Waals surface area contributed by atoms with Gasteiger partial charge in [-0.25, -0.2) is 0 Å². The minimum Gasteiger partial charge on any atom is -0.481 e. The minimum atomic E-state index is -0.867. The van der Waals surface area contributed by atoms with Gasteiger partial charge in [0, 0.05) is 37.1 Å². The van der Waals surface area contributed by atoms with E-state index in [1.165, 1.54) is 0 Å². The van der Waals surface area contributed by atoms with Crippen molar-refractivity contribution in [2.75, 3.05) is 29.6 Å². The molecule has 8 heteroatoms. The minimum absolute atomic E-state index is 0.0191. The van der Waals surface area contributed by atoms with Crippen LogP contribution in [0.4, 0.5) is 17.1 Å². The topological polar surface area (TPSA) is 117 Å². The number of hydrogen-bond donors (Lipinski definition) is 4. The molecule has 1 heterocycles.